The highest BCUT2D eigenvalue weighted by Gasteiger charge is 1.93. The Bertz CT molecular complexity index is 219. The first-order valence-corrected chi connectivity index (χ1v) is 6.68. The zero-order valence-corrected chi connectivity index (χ0v) is 11.0. The molecule has 0 rings (SSSR count). The van der Waals surface area contributed by atoms with Crippen molar-refractivity contribution in [2.75, 3.05) is 26.4 Å². The average molecular weight is 225 g/mol. The van der Waals surface area contributed by atoms with Crippen LogP contribution in [0.5, 0.6) is 0 Å². The largest absolute Gasteiger partial charge is 0.306 e. The molecule has 0 saturated heterocycles. The lowest BCUT2D eigenvalue weighted by atomic mass is 10.3. The summed E-state index contributed by atoms with van der Waals surface area (Å²) in [7, 11) is 2.17. The van der Waals surface area contributed by atoms with Gasteiger partial charge in [-0.1, -0.05) is 31.7 Å². The average Bonchev–Trinajstić information content (AvgIpc) is 2.23. The highest BCUT2D eigenvalue weighted by molar-refractivity contribution is 8.02. The predicted molar refractivity (Wildman–Crippen MR) is 73.3 cm³/mol. The van der Waals surface area contributed by atoms with Gasteiger partial charge in [0.25, 0.3) is 0 Å². The number of allylic oxidation sites excluding steroid dienone is 3. The SMILES string of the molecule is C=C/C=C(\C=C/CCN(C)CCC)SC. The molecular weight excluding hydrogens is 202 g/mol. The molecule has 0 atom stereocenters. The van der Waals surface area contributed by atoms with Gasteiger partial charge in [-0.25, -0.2) is 0 Å². The van der Waals surface area contributed by atoms with Crippen molar-refractivity contribution in [3.8, 4) is 0 Å². The van der Waals surface area contributed by atoms with E-state index >= 15 is 0 Å². The van der Waals surface area contributed by atoms with E-state index in [1.807, 2.05) is 12.2 Å². The van der Waals surface area contributed by atoms with Crippen molar-refractivity contribution in [2.45, 2.75) is 19.8 Å². The van der Waals surface area contributed by atoms with Gasteiger partial charge in [0.1, 0.15) is 0 Å². The van der Waals surface area contributed by atoms with Crippen molar-refractivity contribution in [1.29, 1.82) is 0 Å². The van der Waals surface area contributed by atoms with Crippen LogP contribution in [0.2, 0.25) is 0 Å². The summed E-state index contributed by atoms with van der Waals surface area (Å²) in [4.78, 5) is 3.63. The number of rotatable bonds is 8. The van der Waals surface area contributed by atoms with Crippen LogP contribution < -0.4 is 0 Å². The molecule has 0 spiro atoms. The van der Waals surface area contributed by atoms with E-state index in [4.69, 9.17) is 0 Å². The fourth-order valence-electron chi connectivity index (χ4n) is 1.30. The standard InChI is InChI=1S/C13H23NS/c1-5-9-13(15-4)10-7-8-12-14(3)11-6-2/h5,7,9-10H,1,6,8,11-12H2,2-4H3/b10-7-,13-9+. The van der Waals surface area contributed by atoms with Gasteiger partial charge < -0.3 is 4.90 Å². The van der Waals surface area contributed by atoms with E-state index in [1.54, 1.807) is 11.8 Å². The summed E-state index contributed by atoms with van der Waals surface area (Å²) in [5, 5.41) is 0. The van der Waals surface area contributed by atoms with E-state index in [1.165, 1.54) is 17.9 Å². The first kappa shape index (κ1) is 14.5. The second kappa shape index (κ2) is 10.1. The van der Waals surface area contributed by atoms with Crippen LogP contribution in [0.25, 0.3) is 0 Å². The number of nitrogens with zero attached hydrogens (tertiary/aromatic N) is 1. The quantitative estimate of drug-likeness (QED) is 0.579. The summed E-state index contributed by atoms with van der Waals surface area (Å²) >= 11 is 1.75. The Kier molecular flexibility index (Phi) is 9.75. The molecule has 0 aliphatic heterocycles. The van der Waals surface area contributed by atoms with Crippen LogP contribution in [-0.4, -0.2) is 31.3 Å². The number of thioether (sulfide) groups is 1. The van der Waals surface area contributed by atoms with Crippen molar-refractivity contribution in [3.05, 3.63) is 35.8 Å². The lowest BCUT2D eigenvalue weighted by Crippen LogP contribution is -2.19. The second-order valence-corrected chi connectivity index (χ2v) is 4.38. The summed E-state index contributed by atoms with van der Waals surface area (Å²) in [6.07, 6.45) is 12.7. The zero-order valence-electron chi connectivity index (χ0n) is 10.2. The van der Waals surface area contributed by atoms with Crippen molar-refractivity contribution in [2.24, 2.45) is 0 Å². The summed E-state index contributed by atoms with van der Waals surface area (Å²) in [5.74, 6) is 0. The van der Waals surface area contributed by atoms with E-state index in [-0.39, 0.29) is 0 Å². The van der Waals surface area contributed by atoms with Gasteiger partial charge in [0.15, 0.2) is 0 Å². The Morgan fingerprint density at radius 2 is 2.13 bits per heavy atom. The van der Waals surface area contributed by atoms with Crippen LogP contribution in [0.4, 0.5) is 0 Å². The van der Waals surface area contributed by atoms with Gasteiger partial charge in [-0.2, -0.15) is 0 Å². The van der Waals surface area contributed by atoms with E-state index in [0.717, 1.165) is 13.0 Å². The number of hydrogen-bond acceptors (Lipinski definition) is 2. The molecule has 0 amide bonds. The lowest BCUT2D eigenvalue weighted by molar-refractivity contribution is 0.341. The maximum atomic E-state index is 3.70. The summed E-state index contributed by atoms with van der Waals surface area (Å²) < 4.78 is 0. The number of hydrogen-bond donors (Lipinski definition) is 0. The summed E-state index contributed by atoms with van der Waals surface area (Å²) in [6.45, 7) is 8.24. The summed E-state index contributed by atoms with van der Waals surface area (Å²) in [5.41, 5.74) is 0. The fraction of sp³-hybridized carbons (Fsp3) is 0.538. The van der Waals surface area contributed by atoms with Crippen LogP contribution in [0, 0.1) is 0 Å². The van der Waals surface area contributed by atoms with Crippen molar-refractivity contribution in [3.63, 3.8) is 0 Å². The van der Waals surface area contributed by atoms with Crippen molar-refractivity contribution in [1.82, 2.24) is 4.90 Å². The molecule has 0 aliphatic rings. The smallest absolute Gasteiger partial charge is 0.00657 e. The predicted octanol–water partition coefficient (Wildman–Crippen LogP) is 3.71. The zero-order chi connectivity index (χ0) is 11.5. The Balaban J connectivity index is 3.78. The molecule has 0 radical (unpaired) electrons. The van der Waals surface area contributed by atoms with Gasteiger partial charge in [0.05, 0.1) is 0 Å². The molecule has 0 N–H and O–H groups in total. The third kappa shape index (κ3) is 8.52. The third-order valence-electron chi connectivity index (χ3n) is 2.08. The van der Waals surface area contributed by atoms with Gasteiger partial charge in [-0.15, -0.1) is 11.8 Å². The Labute approximate surface area is 98.9 Å². The maximum absolute atomic E-state index is 3.70. The van der Waals surface area contributed by atoms with Gasteiger partial charge in [-0.05, 0) is 38.8 Å². The van der Waals surface area contributed by atoms with Gasteiger partial charge in [0, 0.05) is 11.4 Å². The van der Waals surface area contributed by atoms with E-state index in [2.05, 4.69) is 43.9 Å². The van der Waals surface area contributed by atoms with E-state index in [9.17, 15) is 0 Å². The molecular formula is C13H23NS. The van der Waals surface area contributed by atoms with Crippen LogP contribution in [-0.2, 0) is 0 Å². The first-order valence-electron chi connectivity index (χ1n) is 5.46. The third-order valence-corrected chi connectivity index (χ3v) is 2.83. The lowest BCUT2D eigenvalue weighted by Gasteiger charge is -2.13. The molecule has 0 aromatic rings. The molecule has 2 heteroatoms. The van der Waals surface area contributed by atoms with Gasteiger partial charge in [0.2, 0.25) is 0 Å². The molecule has 0 aromatic carbocycles. The minimum Gasteiger partial charge on any atom is -0.306 e. The molecule has 15 heavy (non-hydrogen) atoms. The Morgan fingerprint density at radius 3 is 2.67 bits per heavy atom. The van der Waals surface area contributed by atoms with Gasteiger partial charge >= 0.3 is 0 Å². The van der Waals surface area contributed by atoms with Crippen LogP contribution >= 0.6 is 11.8 Å². The van der Waals surface area contributed by atoms with Crippen LogP contribution in [0.1, 0.15) is 19.8 Å². The van der Waals surface area contributed by atoms with Gasteiger partial charge in [-0.3, -0.25) is 0 Å². The topological polar surface area (TPSA) is 3.24 Å². The van der Waals surface area contributed by atoms with Crippen LogP contribution in [0.15, 0.2) is 35.8 Å². The fourth-order valence-corrected chi connectivity index (χ4v) is 1.76. The van der Waals surface area contributed by atoms with Crippen LogP contribution in [0.3, 0.4) is 0 Å². The first-order chi connectivity index (χ1) is 7.24. The van der Waals surface area contributed by atoms with E-state index < -0.39 is 0 Å². The maximum Gasteiger partial charge on any atom is 0.00657 e. The van der Waals surface area contributed by atoms with Crippen molar-refractivity contribution < 1.29 is 0 Å². The molecule has 86 valence electrons. The Hall–Kier alpha value is -0.470. The molecule has 0 fully saturated rings. The molecule has 0 aliphatic carbocycles. The molecule has 0 saturated carbocycles. The monoisotopic (exact) mass is 225 g/mol. The molecule has 0 unspecified atom stereocenters. The minimum absolute atomic E-state index is 1.12. The second-order valence-electron chi connectivity index (χ2n) is 3.50. The van der Waals surface area contributed by atoms with E-state index in [0.29, 0.717) is 0 Å². The highest BCUT2D eigenvalue weighted by atomic mass is 32.2. The molecule has 1 nitrogen and oxygen atoms in total. The molecule has 0 aromatic heterocycles. The molecule has 0 bridgehead atoms. The molecule has 0 heterocycles. The summed E-state index contributed by atoms with van der Waals surface area (Å²) in [6, 6.07) is 0. The Morgan fingerprint density at radius 1 is 1.40 bits per heavy atom. The minimum atomic E-state index is 1.12. The van der Waals surface area contributed by atoms with Crippen molar-refractivity contribution >= 4 is 11.8 Å². The normalized spacial score (nSPS) is 12.7. The highest BCUT2D eigenvalue weighted by Crippen LogP contribution is 2.13.